The van der Waals surface area contributed by atoms with E-state index in [9.17, 15) is 4.79 Å². The number of hydrogen-bond acceptors (Lipinski definition) is 2. The molecule has 0 bridgehead atoms. The highest BCUT2D eigenvalue weighted by molar-refractivity contribution is 5.77. The first kappa shape index (κ1) is 19.3. The molecule has 0 heterocycles. The third kappa shape index (κ3) is 13.0. The van der Waals surface area contributed by atoms with Crippen molar-refractivity contribution in [2.75, 3.05) is 6.61 Å². The van der Waals surface area contributed by atoms with Gasteiger partial charge in [-0.2, -0.15) is 0 Å². The minimum atomic E-state index is -0.378. The fraction of sp³-hybridized carbons (Fsp3) is 0.667. The number of rotatable bonds is 3. The van der Waals surface area contributed by atoms with Crippen LogP contribution in [0.4, 0.5) is 0 Å². The zero-order valence-corrected chi connectivity index (χ0v) is 12.1. The maximum Gasteiger partial charge on any atom is 0.245 e. The summed E-state index contributed by atoms with van der Waals surface area (Å²) in [6, 6.07) is 0.323. The molecular weight excluding hydrogens is 226 g/mol. The van der Waals surface area contributed by atoms with E-state index in [2.05, 4.69) is 11.9 Å². The first-order valence-electron chi connectivity index (χ1n) is 6.88. The summed E-state index contributed by atoms with van der Waals surface area (Å²) in [7, 11) is 0. The molecule has 0 aromatic rings. The summed E-state index contributed by atoms with van der Waals surface area (Å²) in [5.74, 6) is -0.239. The van der Waals surface area contributed by atoms with Crippen LogP contribution < -0.4 is 5.32 Å². The van der Waals surface area contributed by atoms with Crippen molar-refractivity contribution in [2.45, 2.75) is 58.9 Å². The highest BCUT2D eigenvalue weighted by Gasteiger charge is 2.14. The molecule has 1 aliphatic rings. The highest BCUT2D eigenvalue weighted by atomic mass is 16.3. The van der Waals surface area contributed by atoms with Crippen molar-refractivity contribution in [2.24, 2.45) is 0 Å². The van der Waals surface area contributed by atoms with Gasteiger partial charge in [-0.15, -0.1) is 0 Å². The molecule has 0 radical (unpaired) electrons. The predicted octanol–water partition coefficient (Wildman–Crippen LogP) is 3.20. The Balaban J connectivity index is 0. The fourth-order valence-corrected chi connectivity index (χ4v) is 1.66. The minimum Gasteiger partial charge on any atom is -0.387 e. The lowest BCUT2D eigenvalue weighted by Gasteiger charge is -2.22. The van der Waals surface area contributed by atoms with E-state index in [1.165, 1.54) is 19.3 Å². The van der Waals surface area contributed by atoms with E-state index in [-0.39, 0.29) is 12.5 Å². The monoisotopic (exact) mass is 255 g/mol. The van der Waals surface area contributed by atoms with Gasteiger partial charge in [-0.05, 0) is 19.8 Å². The van der Waals surface area contributed by atoms with Crippen LogP contribution in [0.25, 0.3) is 0 Å². The molecule has 3 nitrogen and oxygen atoms in total. The fourth-order valence-electron chi connectivity index (χ4n) is 1.66. The van der Waals surface area contributed by atoms with E-state index in [4.69, 9.17) is 5.11 Å². The lowest BCUT2D eigenvalue weighted by molar-refractivity contribution is -0.124. The van der Waals surface area contributed by atoms with Gasteiger partial charge in [0.05, 0.1) is 0 Å². The largest absolute Gasteiger partial charge is 0.387 e. The molecule has 0 aromatic carbocycles. The predicted molar refractivity (Wildman–Crippen MR) is 78.5 cm³/mol. The maximum atomic E-state index is 10.7. The van der Waals surface area contributed by atoms with Gasteiger partial charge in [0.1, 0.15) is 6.61 Å². The van der Waals surface area contributed by atoms with Crippen LogP contribution in [-0.2, 0) is 4.79 Å². The zero-order valence-electron chi connectivity index (χ0n) is 12.1. The molecular formula is C15H29NO2. The van der Waals surface area contributed by atoms with Gasteiger partial charge < -0.3 is 10.4 Å². The molecule has 0 saturated heterocycles. The summed E-state index contributed by atoms with van der Waals surface area (Å²) in [5.41, 5.74) is 0. The number of carbonyl (C=O) groups excluding carboxylic acids is 1. The summed E-state index contributed by atoms with van der Waals surface area (Å²) in [6.07, 6.45) is 11.4. The van der Waals surface area contributed by atoms with Gasteiger partial charge in [0, 0.05) is 6.04 Å². The van der Waals surface area contributed by atoms with Crippen LogP contribution >= 0.6 is 0 Å². The van der Waals surface area contributed by atoms with Crippen molar-refractivity contribution < 1.29 is 9.90 Å². The van der Waals surface area contributed by atoms with Gasteiger partial charge in [-0.1, -0.05) is 57.9 Å². The standard InChI is InChI=1S/C8H15NO2.C5H8.C2H6/c10-6-8(11)9-7-4-2-1-3-5-7;1-3-5-4-2;1-2/h7,10H,1-6H2,(H,9,11);3-5H,1H2,2H3;1-2H3/b;5-4-;. The van der Waals surface area contributed by atoms with Crippen molar-refractivity contribution >= 4 is 5.91 Å². The van der Waals surface area contributed by atoms with Crippen LogP contribution in [-0.4, -0.2) is 23.7 Å². The summed E-state index contributed by atoms with van der Waals surface area (Å²) in [6.45, 7) is 9.05. The Morgan fingerprint density at radius 3 is 2.22 bits per heavy atom. The number of aliphatic hydroxyl groups excluding tert-OH is 1. The quantitative estimate of drug-likeness (QED) is 0.761. The Morgan fingerprint density at radius 2 is 1.89 bits per heavy atom. The van der Waals surface area contributed by atoms with Crippen LogP contribution in [0.2, 0.25) is 0 Å². The van der Waals surface area contributed by atoms with E-state index >= 15 is 0 Å². The van der Waals surface area contributed by atoms with E-state index < -0.39 is 0 Å². The van der Waals surface area contributed by atoms with Crippen LogP contribution in [0, 0.1) is 0 Å². The molecule has 1 aliphatic carbocycles. The molecule has 1 saturated carbocycles. The van der Waals surface area contributed by atoms with Crippen molar-refractivity contribution in [3.05, 3.63) is 24.8 Å². The molecule has 3 heteroatoms. The number of carbonyl (C=O) groups is 1. The Morgan fingerprint density at radius 1 is 1.33 bits per heavy atom. The van der Waals surface area contributed by atoms with E-state index in [1.54, 1.807) is 6.08 Å². The Bertz CT molecular complexity index is 219. The van der Waals surface area contributed by atoms with Crippen LogP contribution in [0.1, 0.15) is 52.9 Å². The van der Waals surface area contributed by atoms with Gasteiger partial charge >= 0.3 is 0 Å². The van der Waals surface area contributed by atoms with Crippen LogP contribution in [0.5, 0.6) is 0 Å². The number of aliphatic hydroxyl groups is 1. The SMILES string of the molecule is C=C/C=C\C.CC.O=C(CO)NC1CCCCC1. The van der Waals surface area contributed by atoms with Crippen molar-refractivity contribution in [3.8, 4) is 0 Å². The number of amides is 1. The minimum absolute atomic E-state index is 0.239. The molecule has 106 valence electrons. The second-order valence-electron chi connectivity index (χ2n) is 3.82. The Kier molecular flexibility index (Phi) is 17.0. The second kappa shape index (κ2) is 15.9. The van der Waals surface area contributed by atoms with Crippen molar-refractivity contribution in [3.63, 3.8) is 0 Å². The Hall–Kier alpha value is -1.09. The number of allylic oxidation sites excluding steroid dienone is 3. The first-order chi connectivity index (χ1) is 8.74. The number of hydrogen-bond donors (Lipinski definition) is 2. The molecule has 0 aliphatic heterocycles. The third-order valence-electron chi connectivity index (χ3n) is 2.44. The summed E-state index contributed by atoms with van der Waals surface area (Å²) in [5, 5.41) is 11.2. The van der Waals surface area contributed by atoms with Crippen LogP contribution in [0.15, 0.2) is 24.8 Å². The smallest absolute Gasteiger partial charge is 0.245 e. The third-order valence-corrected chi connectivity index (χ3v) is 2.44. The maximum absolute atomic E-state index is 10.7. The highest BCUT2D eigenvalue weighted by Crippen LogP contribution is 2.16. The van der Waals surface area contributed by atoms with Crippen LogP contribution in [0.3, 0.4) is 0 Å². The van der Waals surface area contributed by atoms with Gasteiger partial charge in [0.25, 0.3) is 0 Å². The summed E-state index contributed by atoms with van der Waals surface area (Å²) < 4.78 is 0. The Labute approximate surface area is 112 Å². The average molecular weight is 255 g/mol. The molecule has 0 aromatic heterocycles. The molecule has 1 amide bonds. The van der Waals surface area contributed by atoms with E-state index in [0.29, 0.717) is 6.04 Å². The summed E-state index contributed by atoms with van der Waals surface area (Å²) >= 11 is 0. The number of nitrogens with one attached hydrogen (secondary N) is 1. The molecule has 0 unspecified atom stereocenters. The molecule has 18 heavy (non-hydrogen) atoms. The molecule has 2 N–H and O–H groups in total. The zero-order chi connectivity index (χ0) is 14.2. The average Bonchev–Trinajstić information content (AvgIpc) is 2.43. The van der Waals surface area contributed by atoms with Gasteiger partial charge in [0.2, 0.25) is 5.91 Å². The van der Waals surface area contributed by atoms with Gasteiger partial charge in [-0.25, -0.2) is 0 Å². The molecule has 0 spiro atoms. The second-order valence-corrected chi connectivity index (χ2v) is 3.82. The van der Waals surface area contributed by atoms with Gasteiger partial charge in [-0.3, -0.25) is 4.79 Å². The van der Waals surface area contributed by atoms with Gasteiger partial charge in [0.15, 0.2) is 0 Å². The first-order valence-corrected chi connectivity index (χ1v) is 6.88. The molecule has 1 fully saturated rings. The normalized spacial score (nSPS) is 14.9. The van der Waals surface area contributed by atoms with E-state index in [1.807, 2.05) is 32.9 Å². The van der Waals surface area contributed by atoms with Crippen molar-refractivity contribution in [1.82, 2.24) is 5.32 Å². The van der Waals surface area contributed by atoms with E-state index in [0.717, 1.165) is 12.8 Å². The lowest BCUT2D eigenvalue weighted by atomic mass is 9.95. The molecule has 0 atom stereocenters. The topological polar surface area (TPSA) is 49.3 Å². The van der Waals surface area contributed by atoms with Crippen molar-refractivity contribution in [1.29, 1.82) is 0 Å². The molecule has 1 rings (SSSR count). The lowest BCUT2D eigenvalue weighted by Crippen LogP contribution is -2.37. The summed E-state index contributed by atoms with van der Waals surface area (Å²) in [4.78, 5) is 10.7.